The molecular formula is C25H27F3N4O6S. The van der Waals surface area contributed by atoms with E-state index >= 15 is 0 Å². The third kappa shape index (κ3) is 7.06. The van der Waals surface area contributed by atoms with Crippen molar-refractivity contribution in [2.45, 2.75) is 57.1 Å². The first kappa shape index (κ1) is 28.4. The van der Waals surface area contributed by atoms with Crippen molar-refractivity contribution in [1.82, 2.24) is 13.9 Å². The van der Waals surface area contributed by atoms with Gasteiger partial charge in [0, 0.05) is 25.9 Å². The SMILES string of the molecule is CC(C)(C)OC(=O)n1c(CON=C2CCN(S(=O)(=O)c3ccc(OC(F)(F)F)cc3)CC2)nc2ccccc21. The Morgan fingerprint density at radius 1 is 1.03 bits per heavy atom. The zero-order valence-electron chi connectivity index (χ0n) is 21.4. The molecule has 0 amide bonds. The zero-order chi connectivity index (χ0) is 28.4. The zero-order valence-corrected chi connectivity index (χ0v) is 22.3. The number of carbonyl (C=O) groups excluding carboxylic acids is 1. The largest absolute Gasteiger partial charge is 0.573 e. The molecule has 0 radical (unpaired) electrons. The topological polar surface area (TPSA) is 112 Å². The Hall–Kier alpha value is -3.65. The normalized spacial score (nSPS) is 15.3. The molecule has 1 aromatic heterocycles. The number of aromatic nitrogens is 2. The molecule has 1 saturated heterocycles. The van der Waals surface area contributed by atoms with Gasteiger partial charge in [-0.3, -0.25) is 0 Å². The molecular weight excluding hydrogens is 541 g/mol. The summed E-state index contributed by atoms with van der Waals surface area (Å²) in [7, 11) is -3.92. The van der Waals surface area contributed by atoms with Gasteiger partial charge in [-0.15, -0.1) is 13.2 Å². The van der Waals surface area contributed by atoms with Crippen molar-refractivity contribution in [3.05, 3.63) is 54.4 Å². The minimum Gasteiger partial charge on any atom is -0.443 e. The van der Waals surface area contributed by atoms with Crippen LogP contribution >= 0.6 is 0 Å². The molecule has 0 N–H and O–H groups in total. The smallest absolute Gasteiger partial charge is 0.443 e. The number of fused-ring (bicyclic) bond motifs is 1. The predicted octanol–water partition coefficient (Wildman–Crippen LogP) is 5.08. The molecule has 210 valence electrons. The molecule has 14 heteroatoms. The number of para-hydroxylation sites is 2. The van der Waals surface area contributed by atoms with Crippen LogP contribution in [0.25, 0.3) is 11.0 Å². The highest BCUT2D eigenvalue weighted by Crippen LogP contribution is 2.26. The second-order valence-electron chi connectivity index (χ2n) is 9.69. The van der Waals surface area contributed by atoms with Crippen molar-refractivity contribution in [2.75, 3.05) is 13.1 Å². The lowest BCUT2D eigenvalue weighted by molar-refractivity contribution is -0.274. The van der Waals surface area contributed by atoms with Crippen LogP contribution in [0, 0.1) is 0 Å². The third-order valence-electron chi connectivity index (χ3n) is 5.59. The summed E-state index contributed by atoms with van der Waals surface area (Å²) in [4.78, 5) is 22.6. The highest BCUT2D eigenvalue weighted by Gasteiger charge is 2.32. The van der Waals surface area contributed by atoms with E-state index in [0.717, 1.165) is 24.3 Å². The maximum absolute atomic E-state index is 12.9. The van der Waals surface area contributed by atoms with Crippen LogP contribution in [0.5, 0.6) is 5.75 Å². The fourth-order valence-electron chi connectivity index (χ4n) is 3.90. The lowest BCUT2D eigenvalue weighted by Crippen LogP contribution is -2.38. The quantitative estimate of drug-likeness (QED) is 0.382. The summed E-state index contributed by atoms with van der Waals surface area (Å²) in [5.41, 5.74) is 1.06. The van der Waals surface area contributed by atoms with Crippen molar-refractivity contribution >= 4 is 32.9 Å². The van der Waals surface area contributed by atoms with E-state index in [2.05, 4.69) is 14.9 Å². The van der Waals surface area contributed by atoms with Crippen molar-refractivity contribution in [1.29, 1.82) is 0 Å². The molecule has 39 heavy (non-hydrogen) atoms. The fraction of sp³-hybridized carbons (Fsp3) is 0.400. The summed E-state index contributed by atoms with van der Waals surface area (Å²) in [6, 6.07) is 11.1. The maximum Gasteiger partial charge on any atom is 0.573 e. The number of hydrogen-bond donors (Lipinski definition) is 0. The molecule has 0 atom stereocenters. The number of carbonyl (C=O) groups is 1. The van der Waals surface area contributed by atoms with E-state index in [9.17, 15) is 26.4 Å². The van der Waals surface area contributed by atoms with Crippen molar-refractivity contribution < 1.29 is 40.7 Å². The lowest BCUT2D eigenvalue weighted by atomic mass is 10.1. The predicted molar refractivity (Wildman–Crippen MR) is 135 cm³/mol. The van der Waals surface area contributed by atoms with Crippen LogP contribution < -0.4 is 4.74 Å². The molecule has 1 fully saturated rings. The van der Waals surface area contributed by atoms with Gasteiger partial charge < -0.3 is 14.3 Å². The number of alkyl halides is 3. The Labute approximate surface area is 223 Å². The van der Waals surface area contributed by atoms with Gasteiger partial charge in [-0.1, -0.05) is 17.3 Å². The minimum atomic E-state index is -4.87. The number of sulfonamides is 1. The van der Waals surface area contributed by atoms with Crippen molar-refractivity contribution in [3.63, 3.8) is 0 Å². The molecule has 4 rings (SSSR count). The van der Waals surface area contributed by atoms with Gasteiger partial charge >= 0.3 is 12.5 Å². The first-order chi connectivity index (χ1) is 18.2. The second kappa shape index (κ2) is 10.8. The molecule has 0 spiro atoms. The van der Waals surface area contributed by atoms with Gasteiger partial charge in [0.05, 0.1) is 21.6 Å². The number of benzene rings is 2. The van der Waals surface area contributed by atoms with E-state index in [-0.39, 0.29) is 37.4 Å². The summed E-state index contributed by atoms with van der Waals surface area (Å²) in [5, 5.41) is 4.13. The fourth-order valence-corrected chi connectivity index (χ4v) is 5.35. The van der Waals surface area contributed by atoms with Crippen LogP contribution in [0.4, 0.5) is 18.0 Å². The number of nitrogens with zero attached hydrogens (tertiary/aromatic N) is 4. The number of halogens is 3. The van der Waals surface area contributed by atoms with Crippen LogP contribution in [0.3, 0.4) is 0 Å². The molecule has 10 nitrogen and oxygen atoms in total. The first-order valence-electron chi connectivity index (χ1n) is 12.0. The van der Waals surface area contributed by atoms with Gasteiger partial charge in [-0.05, 0) is 57.2 Å². The minimum absolute atomic E-state index is 0.113. The molecule has 0 bridgehead atoms. The van der Waals surface area contributed by atoms with Gasteiger partial charge in [-0.2, -0.15) is 4.31 Å². The Kier molecular flexibility index (Phi) is 7.89. The van der Waals surface area contributed by atoms with Crippen LogP contribution in [-0.4, -0.2) is 59.1 Å². The monoisotopic (exact) mass is 568 g/mol. The summed E-state index contributed by atoms with van der Waals surface area (Å²) < 4.78 is 74.8. The summed E-state index contributed by atoms with van der Waals surface area (Å²) in [5.74, 6) is -0.209. The summed E-state index contributed by atoms with van der Waals surface area (Å²) in [6.45, 7) is 5.39. The highest BCUT2D eigenvalue weighted by atomic mass is 32.2. The standard InChI is InChI=1S/C25H27F3N4O6S/c1-24(2,3)38-23(33)32-21-7-5-4-6-20(21)29-22(32)16-36-30-17-12-14-31(15-13-17)39(34,35)19-10-8-18(9-11-19)37-25(26,27)28/h4-11H,12-16H2,1-3H3. The van der Waals surface area contributed by atoms with Crippen LogP contribution in [-0.2, 0) is 26.2 Å². The van der Waals surface area contributed by atoms with Gasteiger partial charge in [0.2, 0.25) is 10.0 Å². The number of oxime groups is 1. The van der Waals surface area contributed by atoms with E-state index < -0.39 is 33.8 Å². The maximum atomic E-state index is 12.9. The van der Waals surface area contributed by atoms with Crippen molar-refractivity contribution in [3.8, 4) is 5.75 Å². The molecule has 1 aliphatic heterocycles. The van der Waals surface area contributed by atoms with Gasteiger partial charge in [0.15, 0.2) is 12.4 Å². The molecule has 0 aliphatic carbocycles. The van der Waals surface area contributed by atoms with Gasteiger partial charge in [0.25, 0.3) is 0 Å². The summed E-state index contributed by atoms with van der Waals surface area (Å²) in [6.07, 6.45) is -4.89. The second-order valence-corrected chi connectivity index (χ2v) is 11.6. The number of ether oxygens (including phenoxy) is 2. The average molecular weight is 569 g/mol. The van der Waals surface area contributed by atoms with E-state index in [0.29, 0.717) is 22.6 Å². The Balaban J connectivity index is 1.39. The molecule has 0 saturated carbocycles. The van der Waals surface area contributed by atoms with E-state index in [4.69, 9.17) is 9.57 Å². The van der Waals surface area contributed by atoms with Gasteiger partial charge in [-0.25, -0.2) is 22.8 Å². The van der Waals surface area contributed by atoms with E-state index in [1.54, 1.807) is 45.0 Å². The van der Waals surface area contributed by atoms with Gasteiger partial charge in [0.1, 0.15) is 11.4 Å². The van der Waals surface area contributed by atoms with E-state index in [1.165, 1.54) is 8.87 Å². The highest BCUT2D eigenvalue weighted by molar-refractivity contribution is 7.89. The number of rotatable bonds is 6. The average Bonchev–Trinajstić information content (AvgIpc) is 3.21. The Bertz CT molecular complexity index is 1470. The number of imidazole rings is 1. The Morgan fingerprint density at radius 2 is 1.67 bits per heavy atom. The number of piperidine rings is 1. The molecule has 1 aliphatic rings. The summed E-state index contributed by atoms with van der Waals surface area (Å²) >= 11 is 0. The molecule has 3 aromatic rings. The van der Waals surface area contributed by atoms with Crippen LogP contribution in [0.1, 0.15) is 39.4 Å². The van der Waals surface area contributed by atoms with Crippen LogP contribution in [0.15, 0.2) is 58.6 Å². The van der Waals surface area contributed by atoms with Crippen LogP contribution in [0.2, 0.25) is 0 Å². The number of hydrogen-bond acceptors (Lipinski definition) is 8. The lowest BCUT2D eigenvalue weighted by Gasteiger charge is -2.26. The first-order valence-corrected chi connectivity index (χ1v) is 13.4. The molecule has 0 unspecified atom stereocenters. The third-order valence-corrected chi connectivity index (χ3v) is 7.50. The van der Waals surface area contributed by atoms with E-state index in [1.807, 2.05) is 0 Å². The molecule has 2 heterocycles. The Morgan fingerprint density at radius 3 is 2.28 bits per heavy atom. The van der Waals surface area contributed by atoms with Crippen molar-refractivity contribution in [2.24, 2.45) is 5.16 Å². The molecule has 2 aromatic carbocycles.